The molecule has 1 aromatic rings. The van der Waals surface area contributed by atoms with Gasteiger partial charge in [0, 0.05) is 49.0 Å². The van der Waals surface area contributed by atoms with Crippen LogP contribution in [0.2, 0.25) is 5.02 Å². The van der Waals surface area contributed by atoms with Gasteiger partial charge in [-0.15, -0.1) is 0 Å². The molecule has 3 saturated heterocycles. The van der Waals surface area contributed by atoms with Gasteiger partial charge in [-0.25, -0.2) is 0 Å². The zero-order valence-corrected chi connectivity index (χ0v) is 14.6. The minimum absolute atomic E-state index is 0.0764. The van der Waals surface area contributed by atoms with Crippen LogP contribution in [-0.4, -0.2) is 49.5 Å². The molecule has 4 aliphatic heterocycles. The molecule has 0 unspecified atom stereocenters. The number of ether oxygens (including phenoxy) is 3. The van der Waals surface area contributed by atoms with E-state index in [1.165, 1.54) is 6.42 Å². The summed E-state index contributed by atoms with van der Waals surface area (Å²) in [4.78, 5) is 2.58. The lowest BCUT2D eigenvalue weighted by atomic mass is 9.69. The number of nitrogens with zero attached hydrogens (tertiary/aromatic N) is 1. The molecular formula is C19H24ClNO3. The molecule has 130 valence electrons. The zero-order valence-electron chi connectivity index (χ0n) is 13.9. The SMILES string of the molecule is Clc1ccc2c(c1)[C@@H]1OCCC[C@H]1C1(CCN(C3COC3)CC1)O2. The Bertz CT molecular complexity index is 625. The second-order valence-electron chi connectivity index (χ2n) is 7.62. The van der Waals surface area contributed by atoms with E-state index < -0.39 is 0 Å². The molecule has 4 nitrogen and oxygen atoms in total. The maximum absolute atomic E-state index is 6.67. The number of benzene rings is 1. The van der Waals surface area contributed by atoms with E-state index in [-0.39, 0.29) is 11.7 Å². The van der Waals surface area contributed by atoms with E-state index in [1.807, 2.05) is 18.2 Å². The quantitative estimate of drug-likeness (QED) is 0.777. The van der Waals surface area contributed by atoms with Gasteiger partial charge in [0.25, 0.3) is 0 Å². The largest absolute Gasteiger partial charge is 0.486 e. The highest BCUT2D eigenvalue weighted by atomic mass is 35.5. The predicted molar refractivity (Wildman–Crippen MR) is 91.6 cm³/mol. The molecule has 5 heteroatoms. The molecule has 1 spiro atoms. The van der Waals surface area contributed by atoms with Crippen molar-refractivity contribution in [2.75, 3.05) is 32.9 Å². The zero-order chi connectivity index (χ0) is 16.1. The van der Waals surface area contributed by atoms with Crippen molar-refractivity contribution in [2.24, 2.45) is 5.92 Å². The average molecular weight is 350 g/mol. The van der Waals surface area contributed by atoms with E-state index in [0.29, 0.717) is 12.0 Å². The first kappa shape index (κ1) is 15.4. The van der Waals surface area contributed by atoms with Gasteiger partial charge < -0.3 is 14.2 Å². The highest BCUT2D eigenvalue weighted by Gasteiger charge is 2.53. The number of rotatable bonds is 1. The number of hydrogen-bond donors (Lipinski definition) is 0. The molecule has 0 bridgehead atoms. The molecule has 3 fully saturated rings. The van der Waals surface area contributed by atoms with Crippen LogP contribution in [-0.2, 0) is 9.47 Å². The fourth-order valence-corrected chi connectivity index (χ4v) is 5.11. The third-order valence-electron chi connectivity index (χ3n) is 6.37. The lowest BCUT2D eigenvalue weighted by molar-refractivity contribution is -0.161. The summed E-state index contributed by atoms with van der Waals surface area (Å²) >= 11 is 6.23. The molecule has 0 amide bonds. The average Bonchev–Trinajstić information content (AvgIpc) is 2.57. The Morgan fingerprint density at radius 3 is 2.75 bits per heavy atom. The van der Waals surface area contributed by atoms with E-state index in [2.05, 4.69) is 4.90 Å². The first-order valence-electron chi connectivity index (χ1n) is 9.17. The van der Waals surface area contributed by atoms with Crippen LogP contribution in [0.4, 0.5) is 0 Å². The number of fused-ring (bicyclic) bond motifs is 4. The Morgan fingerprint density at radius 2 is 2.00 bits per heavy atom. The third-order valence-corrected chi connectivity index (χ3v) is 6.61. The van der Waals surface area contributed by atoms with Gasteiger partial charge in [0.2, 0.25) is 0 Å². The summed E-state index contributed by atoms with van der Waals surface area (Å²) in [5.74, 6) is 1.42. The first-order valence-corrected chi connectivity index (χ1v) is 9.55. The van der Waals surface area contributed by atoms with E-state index in [1.54, 1.807) is 0 Å². The molecule has 4 aliphatic rings. The lowest BCUT2D eigenvalue weighted by Gasteiger charge is -2.54. The van der Waals surface area contributed by atoms with Crippen molar-refractivity contribution in [3.05, 3.63) is 28.8 Å². The standard InChI is InChI=1S/C19H24ClNO3/c20-13-3-4-17-15(10-13)18-16(2-1-9-23-18)19(24-17)5-7-21(8-6-19)14-11-22-12-14/h3-4,10,14,16,18H,1-2,5-9,11-12H2/t16-,18+/m1/s1. The minimum Gasteiger partial charge on any atom is -0.486 e. The van der Waals surface area contributed by atoms with Crippen molar-refractivity contribution in [1.29, 1.82) is 0 Å². The number of piperidine rings is 1. The fraction of sp³-hybridized carbons (Fsp3) is 0.684. The first-order chi connectivity index (χ1) is 11.8. The molecule has 0 aliphatic carbocycles. The molecular weight excluding hydrogens is 326 g/mol. The maximum Gasteiger partial charge on any atom is 0.126 e. The van der Waals surface area contributed by atoms with Gasteiger partial charge >= 0.3 is 0 Å². The molecule has 4 heterocycles. The number of halogens is 1. The van der Waals surface area contributed by atoms with Gasteiger partial charge in [0.15, 0.2) is 0 Å². The molecule has 1 aromatic carbocycles. The highest BCUT2D eigenvalue weighted by molar-refractivity contribution is 6.30. The van der Waals surface area contributed by atoms with Crippen LogP contribution < -0.4 is 4.74 Å². The van der Waals surface area contributed by atoms with Crippen molar-refractivity contribution < 1.29 is 14.2 Å². The molecule has 0 radical (unpaired) electrons. The van der Waals surface area contributed by atoms with Crippen LogP contribution >= 0.6 is 11.6 Å². The summed E-state index contributed by atoms with van der Waals surface area (Å²) in [5, 5.41) is 0.765. The Balaban J connectivity index is 1.44. The van der Waals surface area contributed by atoms with Crippen molar-refractivity contribution in [1.82, 2.24) is 4.90 Å². The maximum atomic E-state index is 6.67. The Labute approximate surface area is 148 Å². The minimum atomic E-state index is -0.0764. The van der Waals surface area contributed by atoms with Gasteiger partial charge in [0.05, 0.1) is 25.4 Å². The lowest BCUT2D eigenvalue weighted by Crippen LogP contribution is -2.60. The second-order valence-corrected chi connectivity index (χ2v) is 8.05. The van der Waals surface area contributed by atoms with E-state index in [4.69, 9.17) is 25.8 Å². The van der Waals surface area contributed by atoms with Gasteiger partial charge in [-0.2, -0.15) is 0 Å². The monoisotopic (exact) mass is 349 g/mol. The Morgan fingerprint density at radius 1 is 1.17 bits per heavy atom. The second kappa shape index (κ2) is 5.87. The van der Waals surface area contributed by atoms with E-state index in [0.717, 1.165) is 68.5 Å². The van der Waals surface area contributed by atoms with Crippen LogP contribution in [0.25, 0.3) is 0 Å². The molecule has 0 aromatic heterocycles. The van der Waals surface area contributed by atoms with Crippen LogP contribution in [0.5, 0.6) is 5.75 Å². The summed E-state index contributed by atoms with van der Waals surface area (Å²) < 4.78 is 18.3. The summed E-state index contributed by atoms with van der Waals surface area (Å²) in [6.07, 6.45) is 4.61. The van der Waals surface area contributed by atoms with E-state index >= 15 is 0 Å². The van der Waals surface area contributed by atoms with Crippen molar-refractivity contribution in [3.63, 3.8) is 0 Å². The molecule has 0 saturated carbocycles. The summed E-state index contributed by atoms with van der Waals surface area (Å²) in [5.41, 5.74) is 1.07. The third kappa shape index (κ3) is 2.38. The van der Waals surface area contributed by atoms with Crippen molar-refractivity contribution in [3.8, 4) is 5.75 Å². The van der Waals surface area contributed by atoms with Crippen LogP contribution in [0, 0.1) is 5.92 Å². The van der Waals surface area contributed by atoms with Gasteiger partial charge in [-0.1, -0.05) is 11.6 Å². The Hall–Kier alpha value is -0.810. The normalized spacial score (nSPS) is 32.5. The van der Waals surface area contributed by atoms with Gasteiger partial charge in [-0.05, 0) is 31.0 Å². The van der Waals surface area contributed by atoms with Gasteiger partial charge in [-0.3, -0.25) is 4.90 Å². The summed E-state index contributed by atoms with van der Waals surface area (Å²) in [6.45, 7) is 4.82. The molecule has 2 atom stereocenters. The number of hydrogen-bond acceptors (Lipinski definition) is 4. The molecule has 5 rings (SSSR count). The summed E-state index contributed by atoms with van der Waals surface area (Å²) in [7, 11) is 0. The van der Waals surface area contributed by atoms with Crippen LogP contribution in [0.15, 0.2) is 18.2 Å². The Kier molecular flexibility index (Phi) is 3.78. The predicted octanol–water partition coefficient (Wildman–Crippen LogP) is 3.43. The molecule has 24 heavy (non-hydrogen) atoms. The van der Waals surface area contributed by atoms with Crippen molar-refractivity contribution >= 4 is 11.6 Å². The van der Waals surface area contributed by atoms with Crippen molar-refractivity contribution in [2.45, 2.75) is 43.4 Å². The van der Waals surface area contributed by atoms with Crippen LogP contribution in [0.1, 0.15) is 37.4 Å². The van der Waals surface area contributed by atoms with Gasteiger partial charge in [0.1, 0.15) is 11.4 Å². The van der Waals surface area contributed by atoms with Crippen LogP contribution in [0.3, 0.4) is 0 Å². The topological polar surface area (TPSA) is 30.9 Å². The fourth-order valence-electron chi connectivity index (χ4n) is 4.93. The molecule has 0 N–H and O–H groups in total. The number of likely N-dealkylation sites (tertiary alicyclic amines) is 1. The summed E-state index contributed by atoms with van der Waals surface area (Å²) in [6, 6.07) is 6.61. The van der Waals surface area contributed by atoms with E-state index in [9.17, 15) is 0 Å². The highest BCUT2D eigenvalue weighted by Crippen LogP contribution is 2.53. The smallest absolute Gasteiger partial charge is 0.126 e.